The van der Waals surface area contributed by atoms with Crippen molar-refractivity contribution in [3.8, 4) is 0 Å². The van der Waals surface area contributed by atoms with Gasteiger partial charge in [0.05, 0.1) is 13.2 Å². The molecule has 1 rings (SSSR count). The minimum absolute atomic E-state index is 0.326. The molecule has 1 aliphatic heterocycles. The van der Waals surface area contributed by atoms with E-state index in [-0.39, 0.29) is 0 Å². The van der Waals surface area contributed by atoms with Gasteiger partial charge in [-0.05, 0) is 0 Å². The van der Waals surface area contributed by atoms with Crippen LogP contribution in [0.4, 0.5) is 0 Å². The normalized spacial score (nSPS) is 25.3. The first kappa shape index (κ1) is 7.57. The van der Waals surface area contributed by atoms with Gasteiger partial charge in [0, 0.05) is 0 Å². The van der Waals surface area contributed by atoms with Crippen molar-refractivity contribution in [3.63, 3.8) is 0 Å². The zero-order chi connectivity index (χ0) is 6.91. The van der Waals surface area contributed by atoms with Gasteiger partial charge >= 0.3 is 5.97 Å². The molecule has 0 spiro atoms. The fourth-order valence-electron chi connectivity index (χ4n) is 0.543. The Hall–Kier alpha value is 0.460. The van der Waals surface area contributed by atoms with Gasteiger partial charge in [-0.3, -0.25) is 0 Å². The SMILES string of the molecule is OC1(C(Cl)Cl)OCCO1. The van der Waals surface area contributed by atoms with Crippen LogP contribution in [0, 0.1) is 0 Å². The summed E-state index contributed by atoms with van der Waals surface area (Å²) in [6.45, 7) is 0.652. The van der Waals surface area contributed by atoms with Crippen LogP contribution in [-0.2, 0) is 9.47 Å². The van der Waals surface area contributed by atoms with E-state index in [9.17, 15) is 0 Å². The molecule has 1 aliphatic rings. The molecule has 0 aromatic carbocycles. The lowest BCUT2D eigenvalue weighted by Gasteiger charge is -2.20. The molecule has 9 heavy (non-hydrogen) atoms. The second-order valence-corrected chi connectivity index (χ2v) is 2.72. The topological polar surface area (TPSA) is 38.7 Å². The van der Waals surface area contributed by atoms with Crippen LogP contribution in [0.1, 0.15) is 0 Å². The van der Waals surface area contributed by atoms with Crippen LogP contribution in [0.15, 0.2) is 0 Å². The summed E-state index contributed by atoms with van der Waals surface area (Å²) in [7, 11) is 0. The summed E-state index contributed by atoms with van der Waals surface area (Å²) in [6, 6.07) is 0. The lowest BCUT2D eigenvalue weighted by Crippen LogP contribution is -2.36. The Morgan fingerprint density at radius 3 is 2.00 bits per heavy atom. The van der Waals surface area contributed by atoms with Crippen LogP contribution < -0.4 is 0 Å². The van der Waals surface area contributed by atoms with Crippen LogP contribution in [0.25, 0.3) is 0 Å². The number of hydrogen-bond acceptors (Lipinski definition) is 3. The van der Waals surface area contributed by atoms with E-state index < -0.39 is 10.8 Å². The summed E-state index contributed by atoms with van der Waals surface area (Å²) in [4.78, 5) is -1.06. The zero-order valence-electron chi connectivity index (χ0n) is 4.51. The van der Waals surface area contributed by atoms with Gasteiger partial charge in [-0.25, -0.2) is 0 Å². The monoisotopic (exact) mass is 172 g/mol. The van der Waals surface area contributed by atoms with Crippen molar-refractivity contribution in [2.45, 2.75) is 10.8 Å². The van der Waals surface area contributed by atoms with Crippen molar-refractivity contribution in [3.05, 3.63) is 0 Å². The van der Waals surface area contributed by atoms with Gasteiger partial charge in [-0.1, -0.05) is 23.2 Å². The lowest BCUT2D eigenvalue weighted by atomic mass is 10.6. The molecular weight excluding hydrogens is 167 g/mol. The molecule has 1 N–H and O–H groups in total. The highest BCUT2D eigenvalue weighted by molar-refractivity contribution is 6.44. The summed E-state index contributed by atoms with van der Waals surface area (Å²) in [5, 5.41) is 9.06. The van der Waals surface area contributed by atoms with Crippen LogP contribution in [-0.4, -0.2) is 29.1 Å². The van der Waals surface area contributed by atoms with Crippen LogP contribution in [0.5, 0.6) is 0 Å². The number of rotatable bonds is 1. The van der Waals surface area contributed by atoms with Crippen molar-refractivity contribution >= 4 is 23.2 Å². The largest absolute Gasteiger partial charge is 0.341 e. The van der Waals surface area contributed by atoms with Gasteiger partial charge in [-0.15, -0.1) is 0 Å². The van der Waals surface area contributed by atoms with Gasteiger partial charge in [0.25, 0.3) is 0 Å². The highest BCUT2D eigenvalue weighted by Crippen LogP contribution is 2.26. The van der Waals surface area contributed by atoms with Gasteiger partial charge in [0.1, 0.15) is 0 Å². The Morgan fingerprint density at radius 2 is 1.78 bits per heavy atom. The van der Waals surface area contributed by atoms with E-state index in [0.717, 1.165) is 0 Å². The van der Waals surface area contributed by atoms with Gasteiger partial charge in [-0.2, -0.15) is 0 Å². The van der Waals surface area contributed by atoms with Crippen LogP contribution >= 0.6 is 23.2 Å². The first-order chi connectivity index (χ1) is 4.15. The molecule has 1 fully saturated rings. The van der Waals surface area contributed by atoms with Crippen molar-refractivity contribution < 1.29 is 14.6 Å². The van der Waals surface area contributed by atoms with Crippen LogP contribution in [0.2, 0.25) is 0 Å². The average molecular weight is 173 g/mol. The van der Waals surface area contributed by atoms with Crippen molar-refractivity contribution in [1.29, 1.82) is 0 Å². The Bertz CT molecular complexity index is 100.0. The summed E-state index contributed by atoms with van der Waals surface area (Å²) in [5.41, 5.74) is 0. The second kappa shape index (κ2) is 2.60. The molecule has 3 nitrogen and oxygen atoms in total. The molecule has 0 amide bonds. The molecule has 1 saturated heterocycles. The maximum Gasteiger partial charge on any atom is 0.312 e. The summed E-state index contributed by atoms with van der Waals surface area (Å²) in [6.07, 6.45) is 0. The molecule has 0 aliphatic carbocycles. The molecule has 54 valence electrons. The molecule has 0 radical (unpaired) electrons. The van der Waals surface area contributed by atoms with E-state index in [1.54, 1.807) is 0 Å². The Balaban J connectivity index is 2.51. The van der Waals surface area contributed by atoms with Crippen LogP contribution in [0.3, 0.4) is 0 Å². The smallest absolute Gasteiger partial charge is 0.312 e. The lowest BCUT2D eigenvalue weighted by molar-refractivity contribution is -0.294. The highest BCUT2D eigenvalue weighted by Gasteiger charge is 2.41. The third kappa shape index (κ3) is 1.48. The van der Waals surface area contributed by atoms with Gasteiger partial charge in [0.2, 0.25) is 0 Å². The molecule has 5 heteroatoms. The molecule has 0 saturated carbocycles. The molecule has 0 aromatic heterocycles. The van der Waals surface area contributed by atoms with E-state index in [4.69, 9.17) is 28.3 Å². The maximum absolute atomic E-state index is 9.06. The number of aliphatic hydroxyl groups is 1. The molecule has 0 atom stereocenters. The van der Waals surface area contributed by atoms with E-state index in [0.29, 0.717) is 13.2 Å². The zero-order valence-corrected chi connectivity index (χ0v) is 6.02. The van der Waals surface area contributed by atoms with Crippen molar-refractivity contribution in [1.82, 2.24) is 0 Å². The minimum Gasteiger partial charge on any atom is -0.341 e. The quantitative estimate of drug-likeness (QED) is 0.586. The maximum atomic E-state index is 9.06. The Kier molecular flexibility index (Phi) is 2.18. The average Bonchev–Trinajstić information content (AvgIpc) is 2.16. The summed E-state index contributed by atoms with van der Waals surface area (Å²) >= 11 is 10.6. The highest BCUT2D eigenvalue weighted by atomic mass is 35.5. The van der Waals surface area contributed by atoms with E-state index >= 15 is 0 Å². The number of hydrogen-bond donors (Lipinski definition) is 1. The predicted octanol–water partition coefficient (Wildman–Crippen LogP) is 0.483. The number of alkyl halides is 2. The molecule has 0 unspecified atom stereocenters. The first-order valence-electron chi connectivity index (χ1n) is 2.43. The fourth-order valence-corrected chi connectivity index (χ4v) is 0.795. The molecule has 0 bridgehead atoms. The minimum atomic E-state index is -1.77. The summed E-state index contributed by atoms with van der Waals surface area (Å²) in [5.74, 6) is -1.77. The van der Waals surface area contributed by atoms with Crippen molar-refractivity contribution in [2.24, 2.45) is 0 Å². The molecule has 1 heterocycles. The Labute approximate surface area is 62.5 Å². The number of halogens is 2. The van der Waals surface area contributed by atoms with Gasteiger partial charge in [0.15, 0.2) is 4.84 Å². The predicted molar refractivity (Wildman–Crippen MR) is 32.3 cm³/mol. The second-order valence-electron chi connectivity index (χ2n) is 1.63. The van der Waals surface area contributed by atoms with Gasteiger partial charge < -0.3 is 14.6 Å². The molecule has 0 aromatic rings. The third-order valence-corrected chi connectivity index (χ3v) is 1.53. The molecular formula is C4H6Cl2O3. The van der Waals surface area contributed by atoms with Crippen molar-refractivity contribution in [2.75, 3.05) is 13.2 Å². The standard InChI is InChI=1S/C4H6Cl2O3/c5-3(6)4(7)8-1-2-9-4/h3,7H,1-2H2. The Morgan fingerprint density at radius 1 is 1.33 bits per heavy atom. The van der Waals surface area contributed by atoms with E-state index in [1.165, 1.54) is 0 Å². The van der Waals surface area contributed by atoms with E-state index in [1.807, 2.05) is 0 Å². The fraction of sp³-hybridized carbons (Fsp3) is 1.00. The van der Waals surface area contributed by atoms with E-state index in [2.05, 4.69) is 9.47 Å². The summed E-state index contributed by atoms with van der Waals surface area (Å²) < 4.78 is 9.34. The number of ether oxygens (including phenoxy) is 2. The third-order valence-electron chi connectivity index (χ3n) is 0.977. The first-order valence-corrected chi connectivity index (χ1v) is 3.31.